The molecule has 66 valence electrons. The lowest BCUT2D eigenvalue weighted by molar-refractivity contribution is -0.112. The summed E-state index contributed by atoms with van der Waals surface area (Å²) < 4.78 is 0. The van der Waals surface area contributed by atoms with Gasteiger partial charge in [0.1, 0.15) is 0 Å². The highest BCUT2D eigenvalue weighted by molar-refractivity contribution is 6.06. The molecule has 1 aliphatic heterocycles. The molecule has 0 spiro atoms. The second-order valence-corrected chi connectivity index (χ2v) is 3.03. The Morgan fingerprint density at radius 1 is 1.38 bits per heavy atom. The van der Waals surface area contributed by atoms with Crippen molar-refractivity contribution < 1.29 is 4.79 Å². The zero-order chi connectivity index (χ0) is 9.26. The topological polar surface area (TPSA) is 55.4 Å². The number of carbonyl (C=O) groups is 1. The molecule has 0 radical (unpaired) electrons. The Balaban J connectivity index is 2.53. The van der Waals surface area contributed by atoms with Gasteiger partial charge in [0.05, 0.1) is 5.36 Å². The molecule has 0 atom stereocenters. The highest BCUT2D eigenvalue weighted by Gasteiger charge is 2.02. The van der Waals surface area contributed by atoms with Gasteiger partial charge in [-0.25, -0.2) is 4.99 Å². The number of fused-ring (bicyclic) bond motifs is 1. The van der Waals surface area contributed by atoms with E-state index in [9.17, 15) is 4.79 Å². The molecule has 3 heteroatoms. The lowest BCUT2D eigenvalue weighted by Crippen LogP contribution is -2.22. The number of rotatable bonds is 2. The first-order valence-electron chi connectivity index (χ1n) is 4.23. The summed E-state index contributed by atoms with van der Waals surface area (Å²) in [7, 11) is 0. The molecule has 0 unspecified atom stereocenters. The van der Waals surface area contributed by atoms with Gasteiger partial charge in [-0.2, -0.15) is 0 Å². The van der Waals surface area contributed by atoms with E-state index in [1.54, 1.807) is 6.08 Å². The van der Waals surface area contributed by atoms with Gasteiger partial charge in [0.15, 0.2) is 0 Å². The highest BCUT2D eigenvalue weighted by Crippen LogP contribution is 1.94. The fourth-order valence-corrected chi connectivity index (χ4v) is 1.41. The number of benzene rings is 1. The molecule has 1 aromatic rings. The summed E-state index contributed by atoms with van der Waals surface area (Å²) in [6.07, 6.45) is 2.37. The third-order valence-corrected chi connectivity index (χ3v) is 2.04. The molecule has 0 saturated heterocycles. The van der Waals surface area contributed by atoms with Crippen molar-refractivity contribution in [2.24, 2.45) is 10.7 Å². The summed E-state index contributed by atoms with van der Waals surface area (Å²) in [5, 5.41) is 1.68. The van der Waals surface area contributed by atoms with Gasteiger partial charge in [0.25, 0.3) is 5.91 Å². The molecule has 2 N–H and O–H groups in total. The fourth-order valence-electron chi connectivity index (χ4n) is 1.41. The maximum absolute atomic E-state index is 10.9. The van der Waals surface area contributed by atoms with Crippen molar-refractivity contribution in [3.8, 4) is 0 Å². The predicted molar refractivity (Wildman–Crippen MR) is 49.5 cm³/mol. The fraction of sp³-hybridized carbons (Fsp3) is 0.200. The van der Waals surface area contributed by atoms with Crippen LogP contribution in [0.2, 0.25) is 0 Å². The Labute approximate surface area is 75.6 Å². The van der Waals surface area contributed by atoms with Crippen molar-refractivity contribution in [3.05, 3.63) is 34.3 Å². The van der Waals surface area contributed by atoms with Crippen molar-refractivity contribution in [2.45, 2.75) is 6.42 Å². The number of nitrogens with two attached hydrogens (primary N) is 1. The zero-order valence-corrected chi connectivity index (χ0v) is 7.16. The predicted octanol–water partition coefficient (Wildman–Crippen LogP) is -0.872. The number of amides is 1. The average Bonchev–Trinajstić information content (AvgIpc) is 2.44. The third kappa shape index (κ3) is 1.51. The van der Waals surface area contributed by atoms with Crippen LogP contribution in [0.25, 0.3) is 6.08 Å². The third-order valence-electron chi connectivity index (χ3n) is 2.04. The average molecular weight is 174 g/mol. The molecule has 1 aromatic carbocycles. The van der Waals surface area contributed by atoms with Crippen molar-refractivity contribution in [2.75, 3.05) is 6.54 Å². The SMILES string of the molecule is NCCc1ccc2c(c1)=NC(=O)C=2. The van der Waals surface area contributed by atoms with Crippen molar-refractivity contribution >= 4 is 12.0 Å². The van der Waals surface area contributed by atoms with E-state index in [-0.39, 0.29) is 5.91 Å². The van der Waals surface area contributed by atoms with E-state index in [4.69, 9.17) is 5.73 Å². The van der Waals surface area contributed by atoms with E-state index in [1.165, 1.54) is 0 Å². The summed E-state index contributed by atoms with van der Waals surface area (Å²) in [4.78, 5) is 14.8. The Hall–Kier alpha value is -1.48. The smallest absolute Gasteiger partial charge is 0.270 e. The van der Waals surface area contributed by atoms with E-state index in [2.05, 4.69) is 4.99 Å². The minimum absolute atomic E-state index is 0.167. The summed E-state index contributed by atoms with van der Waals surface area (Å²) >= 11 is 0. The first kappa shape index (κ1) is 8.13. The number of hydrogen-bond acceptors (Lipinski definition) is 2. The molecule has 0 saturated carbocycles. The van der Waals surface area contributed by atoms with Crippen LogP contribution in [-0.4, -0.2) is 12.5 Å². The van der Waals surface area contributed by atoms with E-state index in [0.717, 1.165) is 22.6 Å². The van der Waals surface area contributed by atoms with Crippen LogP contribution < -0.4 is 16.3 Å². The van der Waals surface area contributed by atoms with Crippen molar-refractivity contribution in [1.29, 1.82) is 0 Å². The Morgan fingerprint density at radius 3 is 3.00 bits per heavy atom. The molecule has 0 aliphatic carbocycles. The summed E-state index contributed by atoms with van der Waals surface area (Å²) in [5.74, 6) is -0.167. The van der Waals surface area contributed by atoms with Crippen LogP contribution in [0.3, 0.4) is 0 Å². The zero-order valence-electron chi connectivity index (χ0n) is 7.16. The molecule has 0 fully saturated rings. The van der Waals surface area contributed by atoms with E-state index >= 15 is 0 Å². The van der Waals surface area contributed by atoms with Gasteiger partial charge in [-0.3, -0.25) is 4.79 Å². The summed E-state index contributed by atoms with van der Waals surface area (Å²) in [6, 6.07) is 5.81. The van der Waals surface area contributed by atoms with Gasteiger partial charge >= 0.3 is 0 Å². The molecule has 3 nitrogen and oxygen atoms in total. The molecule has 2 rings (SSSR count). The molecule has 13 heavy (non-hydrogen) atoms. The first-order valence-corrected chi connectivity index (χ1v) is 4.23. The van der Waals surface area contributed by atoms with Crippen LogP contribution in [0.5, 0.6) is 0 Å². The highest BCUT2D eigenvalue weighted by atomic mass is 16.1. The molecule has 0 aromatic heterocycles. The molecule has 1 heterocycles. The van der Waals surface area contributed by atoms with Crippen LogP contribution in [0.15, 0.2) is 23.2 Å². The quantitative estimate of drug-likeness (QED) is 0.633. The van der Waals surface area contributed by atoms with Gasteiger partial charge in [-0.1, -0.05) is 12.1 Å². The van der Waals surface area contributed by atoms with Gasteiger partial charge in [-0.15, -0.1) is 0 Å². The van der Waals surface area contributed by atoms with Crippen LogP contribution in [0, 0.1) is 0 Å². The Kier molecular flexibility index (Phi) is 1.94. The van der Waals surface area contributed by atoms with Gasteiger partial charge in [-0.05, 0) is 24.6 Å². The van der Waals surface area contributed by atoms with Crippen LogP contribution in [-0.2, 0) is 11.2 Å². The van der Waals surface area contributed by atoms with Gasteiger partial charge in [0, 0.05) is 11.3 Å². The van der Waals surface area contributed by atoms with Gasteiger partial charge < -0.3 is 5.73 Å². The molecule has 1 aliphatic rings. The maximum Gasteiger partial charge on any atom is 0.270 e. The standard InChI is InChI=1S/C10H10N2O/c11-4-3-7-1-2-8-6-10(13)12-9(8)5-7/h1-2,5-6H,3-4,11H2. The number of hydrogen-bond donors (Lipinski definition) is 1. The second-order valence-electron chi connectivity index (χ2n) is 3.03. The summed E-state index contributed by atoms with van der Waals surface area (Å²) in [6.45, 7) is 0.621. The van der Waals surface area contributed by atoms with Crippen LogP contribution in [0.1, 0.15) is 5.56 Å². The van der Waals surface area contributed by atoms with Crippen LogP contribution in [0.4, 0.5) is 0 Å². The lowest BCUT2D eigenvalue weighted by atomic mass is 10.1. The molecular formula is C10H10N2O. The molecule has 0 bridgehead atoms. The number of carbonyl (C=O) groups excluding carboxylic acids is 1. The second kappa shape index (κ2) is 3.11. The number of nitrogens with zero attached hydrogens (tertiary/aromatic N) is 1. The van der Waals surface area contributed by atoms with E-state index < -0.39 is 0 Å². The van der Waals surface area contributed by atoms with Crippen molar-refractivity contribution in [3.63, 3.8) is 0 Å². The minimum atomic E-state index is -0.167. The Morgan fingerprint density at radius 2 is 2.23 bits per heavy atom. The van der Waals surface area contributed by atoms with Crippen LogP contribution >= 0.6 is 0 Å². The summed E-state index contributed by atoms with van der Waals surface area (Å²) in [5.41, 5.74) is 6.56. The Bertz CT molecular complexity index is 462. The maximum atomic E-state index is 10.9. The first-order chi connectivity index (χ1) is 6.29. The monoisotopic (exact) mass is 174 g/mol. The largest absolute Gasteiger partial charge is 0.330 e. The normalized spacial score (nSPS) is 13.5. The van der Waals surface area contributed by atoms with E-state index in [1.807, 2.05) is 18.2 Å². The van der Waals surface area contributed by atoms with E-state index in [0.29, 0.717) is 6.54 Å². The molecular weight excluding hydrogens is 164 g/mol. The van der Waals surface area contributed by atoms with Gasteiger partial charge in [0.2, 0.25) is 0 Å². The molecule has 1 amide bonds. The lowest BCUT2D eigenvalue weighted by Gasteiger charge is -1.95. The van der Waals surface area contributed by atoms with Crippen molar-refractivity contribution in [1.82, 2.24) is 0 Å². The minimum Gasteiger partial charge on any atom is -0.330 e.